The minimum atomic E-state index is -1.38. The Kier molecular flexibility index (Phi) is 12.4. The minimum absolute atomic E-state index is 0.0123. The second-order valence-electron chi connectivity index (χ2n) is 10.2. The lowest BCUT2D eigenvalue weighted by atomic mass is 9.96. The van der Waals surface area contributed by atoms with E-state index in [1.807, 2.05) is 6.07 Å². The summed E-state index contributed by atoms with van der Waals surface area (Å²) in [4.78, 5) is 53.4. The fraction of sp³-hybridized carbons (Fsp3) is 0.387. The van der Waals surface area contributed by atoms with Gasteiger partial charge in [0.1, 0.15) is 30.0 Å². The van der Waals surface area contributed by atoms with Crippen LogP contribution < -0.4 is 10.6 Å². The van der Waals surface area contributed by atoms with Crippen LogP contribution in [-0.2, 0) is 30.3 Å². The van der Waals surface area contributed by atoms with E-state index < -0.39 is 48.1 Å². The lowest BCUT2D eigenvalue weighted by Crippen LogP contribution is -2.54. The summed E-state index contributed by atoms with van der Waals surface area (Å²) in [6.45, 7) is 6.22. The SMILES string of the molecule is C#Cc1ccccc1C(C(=O)NCCC(=O)OCC)N(CC#N)C(=O)C(Cc1ccc(O)cc1)NC(=O)OC(C)(C)C. The highest BCUT2D eigenvalue weighted by Crippen LogP contribution is 2.26. The molecule has 0 radical (unpaired) electrons. The molecule has 2 aromatic carbocycles. The Morgan fingerprint density at radius 2 is 1.76 bits per heavy atom. The Hall–Kier alpha value is -5.03. The van der Waals surface area contributed by atoms with E-state index in [-0.39, 0.29) is 37.3 Å². The molecule has 0 aliphatic rings. The molecule has 0 bridgehead atoms. The van der Waals surface area contributed by atoms with E-state index in [1.165, 1.54) is 12.1 Å². The highest BCUT2D eigenvalue weighted by Gasteiger charge is 2.37. The van der Waals surface area contributed by atoms with Gasteiger partial charge in [-0.3, -0.25) is 14.4 Å². The molecule has 3 amide bonds. The standard InChI is InChI=1S/C31H36N4O7/c1-6-22-10-8-9-11-24(22)27(28(38)33-18-16-26(37)41-7-2)35(19-17-32)29(39)25(34-30(40)42-31(3,4)5)20-21-12-14-23(36)15-13-21/h1,8-15,25,27,36H,7,16,18-20H2,2-5H3,(H,33,38)(H,34,40). The van der Waals surface area contributed by atoms with Crippen molar-refractivity contribution in [2.45, 2.75) is 58.2 Å². The number of esters is 1. The maximum atomic E-state index is 14.1. The first-order valence-corrected chi connectivity index (χ1v) is 13.3. The Morgan fingerprint density at radius 3 is 2.36 bits per heavy atom. The number of carbonyl (C=O) groups is 4. The van der Waals surface area contributed by atoms with Crippen LogP contribution in [0.2, 0.25) is 0 Å². The Labute approximate surface area is 245 Å². The Morgan fingerprint density at radius 1 is 1.10 bits per heavy atom. The van der Waals surface area contributed by atoms with E-state index in [1.54, 1.807) is 64.1 Å². The quantitative estimate of drug-likeness (QED) is 0.198. The number of rotatable bonds is 12. The van der Waals surface area contributed by atoms with Crippen molar-refractivity contribution in [1.82, 2.24) is 15.5 Å². The molecular weight excluding hydrogens is 540 g/mol. The summed E-state index contributed by atoms with van der Waals surface area (Å²) in [6.07, 6.45) is 4.67. The van der Waals surface area contributed by atoms with Crippen molar-refractivity contribution in [3.63, 3.8) is 0 Å². The van der Waals surface area contributed by atoms with Crippen LogP contribution in [-0.4, -0.2) is 65.2 Å². The van der Waals surface area contributed by atoms with E-state index >= 15 is 0 Å². The summed E-state index contributed by atoms with van der Waals surface area (Å²) >= 11 is 0. The molecule has 2 rings (SSSR count). The first-order chi connectivity index (χ1) is 19.9. The first-order valence-electron chi connectivity index (χ1n) is 13.3. The number of hydrogen-bond acceptors (Lipinski definition) is 8. The zero-order valence-electron chi connectivity index (χ0n) is 24.2. The number of phenolic OH excluding ortho intramolecular Hbond substituents is 1. The zero-order chi connectivity index (χ0) is 31.3. The van der Waals surface area contributed by atoms with E-state index in [9.17, 15) is 29.5 Å². The van der Waals surface area contributed by atoms with Crippen molar-refractivity contribution in [3.05, 3.63) is 65.2 Å². The van der Waals surface area contributed by atoms with Gasteiger partial charge in [-0.25, -0.2) is 4.79 Å². The molecule has 11 nitrogen and oxygen atoms in total. The number of nitrogens with zero attached hydrogens (tertiary/aromatic N) is 2. The zero-order valence-corrected chi connectivity index (χ0v) is 24.2. The van der Waals surface area contributed by atoms with Crippen LogP contribution in [0.1, 0.15) is 56.8 Å². The van der Waals surface area contributed by atoms with Crippen LogP contribution in [0, 0.1) is 23.7 Å². The second-order valence-corrected chi connectivity index (χ2v) is 10.2. The third kappa shape index (κ3) is 10.2. The number of nitriles is 1. The third-order valence-electron chi connectivity index (χ3n) is 5.79. The Bertz CT molecular complexity index is 1340. The van der Waals surface area contributed by atoms with Crippen LogP contribution in [0.25, 0.3) is 0 Å². The number of benzene rings is 2. The van der Waals surface area contributed by atoms with E-state index in [2.05, 4.69) is 16.6 Å². The molecule has 3 N–H and O–H groups in total. The van der Waals surface area contributed by atoms with E-state index in [0.717, 1.165) is 4.90 Å². The highest BCUT2D eigenvalue weighted by atomic mass is 16.6. The first kappa shape index (κ1) is 33.2. The number of ether oxygens (including phenoxy) is 2. The summed E-state index contributed by atoms with van der Waals surface area (Å²) in [5, 5.41) is 24.6. The number of aromatic hydroxyl groups is 1. The van der Waals surface area contributed by atoms with Gasteiger partial charge in [-0.2, -0.15) is 5.26 Å². The normalized spacial score (nSPS) is 12.0. The third-order valence-corrected chi connectivity index (χ3v) is 5.79. The lowest BCUT2D eigenvalue weighted by molar-refractivity contribution is -0.144. The molecule has 42 heavy (non-hydrogen) atoms. The van der Waals surface area contributed by atoms with Crippen LogP contribution in [0.4, 0.5) is 4.79 Å². The van der Waals surface area contributed by atoms with Crippen molar-refractivity contribution in [1.29, 1.82) is 5.26 Å². The summed E-state index contributed by atoms with van der Waals surface area (Å²) in [7, 11) is 0. The molecule has 0 spiro atoms. The molecule has 0 saturated carbocycles. The van der Waals surface area contributed by atoms with Gasteiger partial charge in [-0.05, 0) is 57.0 Å². The fourth-order valence-corrected chi connectivity index (χ4v) is 4.03. The molecule has 0 aromatic heterocycles. The lowest BCUT2D eigenvalue weighted by Gasteiger charge is -2.33. The van der Waals surface area contributed by atoms with Gasteiger partial charge in [0.15, 0.2) is 0 Å². The molecule has 2 atom stereocenters. The molecule has 2 aromatic rings. The van der Waals surface area contributed by atoms with Crippen LogP contribution in [0.15, 0.2) is 48.5 Å². The number of amides is 3. The smallest absolute Gasteiger partial charge is 0.408 e. The van der Waals surface area contributed by atoms with Crippen molar-refractivity contribution >= 4 is 23.9 Å². The maximum absolute atomic E-state index is 14.1. The maximum Gasteiger partial charge on any atom is 0.408 e. The largest absolute Gasteiger partial charge is 0.508 e. The fourth-order valence-electron chi connectivity index (χ4n) is 4.03. The molecule has 0 fully saturated rings. The number of carbonyl (C=O) groups excluding carboxylic acids is 4. The number of nitrogens with one attached hydrogen (secondary N) is 2. The predicted molar refractivity (Wildman–Crippen MR) is 154 cm³/mol. The van der Waals surface area contributed by atoms with Gasteiger partial charge in [0.25, 0.3) is 0 Å². The summed E-state index contributed by atoms with van der Waals surface area (Å²) in [5.74, 6) is 0.554. The topological polar surface area (TPSA) is 158 Å². The van der Waals surface area contributed by atoms with Crippen LogP contribution >= 0.6 is 0 Å². The molecular formula is C31H36N4O7. The molecule has 222 valence electrons. The number of terminal acetylenes is 1. The molecule has 0 aliphatic heterocycles. The van der Waals surface area contributed by atoms with Crippen LogP contribution in [0.5, 0.6) is 5.75 Å². The van der Waals surface area contributed by atoms with Gasteiger partial charge in [0.05, 0.1) is 19.1 Å². The number of phenols is 1. The average molecular weight is 577 g/mol. The van der Waals surface area contributed by atoms with Gasteiger partial charge in [0.2, 0.25) is 11.8 Å². The van der Waals surface area contributed by atoms with Gasteiger partial charge in [-0.1, -0.05) is 36.3 Å². The van der Waals surface area contributed by atoms with Crippen molar-refractivity contribution in [3.8, 4) is 24.2 Å². The van der Waals surface area contributed by atoms with Gasteiger partial charge in [-0.15, -0.1) is 6.42 Å². The van der Waals surface area contributed by atoms with Gasteiger partial charge in [0, 0.05) is 18.5 Å². The van der Waals surface area contributed by atoms with Crippen molar-refractivity contribution in [2.75, 3.05) is 19.7 Å². The minimum Gasteiger partial charge on any atom is -0.508 e. The van der Waals surface area contributed by atoms with E-state index in [4.69, 9.17) is 15.9 Å². The van der Waals surface area contributed by atoms with E-state index in [0.29, 0.717) is 11.1 Å². The van der Waals surface area contributed by atoms with Crippen molar-refractivity contribution in [2.24, 2.45) is 0 Å². The monoisotopic (exact) mass is 576 g/mol. The molecule has 0 aliphatic carbocycles. The molecule has 0 saturated heterocycles. The highest BCUT2D eigenvalue weighted by molar-refractivity contribution is 5.93. The average Bonchev–Trinajstić information content (AvgIpc) is 2.92. The number of hydrogen-bond donors (Lipinski definition) is 3. The Balaban J connectivity index is 2.53. The molecule has 2 unspecified atom stereocenters. The van der Waals surface area contributed by atoms with Crippen LogP contribution in [0.3, 0.4) is 0 Å². The predicted octanol–water partition coefficient (Wildman–Crippen LogP) is 2.97. The molecule has 11 heteroatoms. The van der Waals surface area contributed by atoms with Crippen molar-refractivity contribution < 1.29 is 33.8 Å². The second kappa shape index (κ2) is 15.7. The number of alkyl carbamates (subject to hydrolysis) is 1. The summed E-state index contributed by atoms with van der Waals surface area (Å²) in [5.41, 5.74) is 0.306. The van der Waals surface area contributed by atoms with Gasteiger partial charge >= 0.3 is 12.1 Å². The molecule has 0 heterocycles. The summed E-state index contributed by atoms with van der Waals surface area (Å²) in [6, 6.07) is 11.8. The van der Waals surface area contributed by atoms with Gasteiger partial charge < -0.3 is 30.1 Å². The summed E-state index contributed by atoms with van der Waals surface area (Å²) < 4.78 is 10.3.